The third-order valence-corrected chi connectivity index (χ3v) is 7.34. The van der Waals surface area contributed by atoms with Gasteiger partial charge in [0.1, 0.15) is 23.2 Å². The lowest BCUT2D eigenvalue weighted by atomic mass is 9.92. The third kappa shape index (κ3) is 5.52. The molecule has 0 unspecified atom stereocenters. The van der Waals surface area contributed by atoms with E-state index in [2.05, 4.69) is 10.3 Å². The van der Waals surface area contributed by atoms with E-state index < -0.39 is 11.5 Å². The summed E-state index contributed by atoms with van der Waals surface area (Å²) in [5.74, 6) is 0.263. The normalized spacial score (nSPS) is 14.4. The molecule has 1 aliphatic carbocycles. The number of carbonyl (C=O) groups is 2. The molecule has 5 rings (SSSR count). The van der Waals surface area contributed by atoms with E-state index >= 15 is 0 Å². The maximum absolute atomic E-state index is 13.1. The van der Waals surface area contributed by atoms with E-state index in [4.69, 9.17) is 4.74 Å². The van der Waals surface area contributed by atoms with Crippen molar-refractivity contribution in [2.75, 3.05) is 5.32 Å². The van der Waals surface area contributed by atoms with Crippen molar-refractivity contribution in [2.24, 2.45) is 7.05 Å². The number of carbonyl (C=O) groups excluding carboxylic acids is 2. The number of hydrogen-bond donors (Lipinski definition) is 3. The second-order valence-corrected chi connectivity index (χ2v) is 10.8. The minimum atomic E-state index is -1.08. The fourth-order valence-corrected chi connectivity index (χ4v) is 5.10. The quantitative estimate of drug-likeness (QED) is 0.273. The first kappa shape index (κ1) is 26.4. The minimum Gasteiger partial charge on any atom is -0.490 e. The summed E-state index contributed by atoms with van der Waals surface area (Å²) >= 11 is 0. The fraction of sp³-hybridized carbons (Fsp3) is 0.323. The summed E-state index contributed by atoms with van der Waals surface area (Å²) in [6, 6.07) is 13.8. The highest BCUT2D eigenvalue weighted by Crippen LogP contribution is 2.39. The van der Waals surface area contributed by atoms with Crippen LogP contribution in [0.1, 0.15) is 72.4 Å². The molecule has 8 nitrogen and oxygen atoms in total. The maximum atomic E-state index is 13.1. The van der Waals surface area contributed by atoms with Crippen LogP contribution in [-0.4, -0.2) is 33.0 Å². The van der Waals surface area contributed by atoms with Crippen molar-refractivity contribution < 1.29 is 19.4 Å². The number of rotatable bonds is 7. The number of nitrogens with zero attached hydrogens (tertiary/aromatic N) is 1. The smallest absolute Gasteiger partial charge is 0.274 e. The van der Waals surface area contributed by atoms with Gasteiger partial charge in [0.25, 0.3) is 11.5 Å². The number of nitrogens with one attached hydrogen (secondary N) is 2. The molecule has 1 fully saturated rings. The van der Waals surface area contributed by atoms with E-state index in [1.54, 1.807) is 57.4 Å². The number of hydrogen-bond acceptors (Lipinski definition) is 5. The van der Waals surface area contributed by atoms with Gasteiger partial charge in [-0.05, 0) is 87.6 Å². The van der Waals surface area contributed by atoms with E-state index in [0.29, 0.717) is 33.5 Å². The number of pyridine rings is 1. The number of benzene rings is 2. The topological polar surface area (TPSA) is 113 Å². The highest BCUT2D eigenvalue weighted by molar-refractivity contribution is 6.08. The van der Waals surface area contributed by atoms with Gasteiger partial charge in [-0.2, -0.15) is 0 Å². The van der Waals surface area contributed by atoms with Crippen molar-refractivity contribution in [3.8, 4) is 16.9 Å². The Bertz CT molecular complexity index is 1590. The second kappa shape index (κ2) is 10.5. The largest absolute Gasteiger partial charge is 0.490 e. The number of amides is 1. The van der Waals surface area contributed by atoms with Gasteiger partial charge in [0.15, 0.2) is 0 Å². The molecule has 2 heterocycles. The Hall–Kier alpha value is -4.17. The van der Waals surface area contributed by atoms with Crippen LogP contribution in [0.2, 0.25) is 0 Å². The number of aromatic amines is 1. The van der Waals surface area contributed by atoms with Crippen LogP contribution in [0.5, 0.6) is 5.75 Å². The van der Waals surface area contributed by atoms with Crippen LogP contribution in [0.4, 0.5) is 5.69 Å². The van der Waals surface area contributed by atoms with Crippen molar-refractivity contribution >= 4 is 28.8 Å². The van der Waals surface area contributed by atoms with Crippen LogP contribution in [0, 0.1) is 0 Å². The average molecular weight is 528 g/mol. The zero-order valence-corrected chi connectivity index (χ0v) is 22.4. The molecular weight excluding hydrogens is 494 g/mol. The third-order valence-electron chi connectivity index (χ3n) is 7.34. The Morgan fingerprint density at radius 1 is 1.08 bits per heavy atom. The number of aryl methyl sites for hydroxylation is 1. The Morgan fingerprint density at radius 3 is 2.46 bits per heavy atom. The maximum Gasteiger partial charge on any atom is 0.274 e. The first-order valence-corrected chi connectivity index (χ1v) is 13.3. The molecule has 8 heteroatoms. The molecule has 0 bridgehead atoms. The summed E-state index contributed by atoms with van der Waals surface area (Å²) in [7, 11) is 1.67. The van der Waals surface area contributed by atoms with Gasteiger partial charge in [-0.1, -0.05) is 12.5 Å². The first-order valence-electron chi connectivity index (χ1n) is 13.3. The number of H-pyrrole nitrogens is 1. The Kier molecular flexibility index (Phi) is 7.14. The van der Waals surface area contributed by atoms with Gasteiger partial charge in [0.05, 0.1) is 11.7 Å². The van der Waals surface area contributed by atoms with Crippen molar-refractivity contribution in [2.45, 2.75) is 57.7 Å². The molecule has 2 aromatic heterocycles. The molecule has 0 radical (unpaired) electrons. The summed E-state index contributed by atoms with van der Waals surface area (Å²) in [5, 5.41) is 14.2. The van der Waals surface area contributed by atoms with Gasteiger partial charge in [-0.25, -0.2) is 0 Å². The van der Waals surface area contributed by atoms with Crippen LogP contribution in [0.3, 0.4) is 0 Å². The number of ether oxygens (including phenoxy) is 1. The van der Waals surface area contributed by atoms with Gasteiger partial charge < -0.3 is 24.7 Å². The van der Waals surface area contributed by atoms with E-state index in [1.165, 1.54) is 11.0 Å². The van der Waals surface area contributed by atoms with Gasteiger partial charge in [-0.3, -0.25) is 14.4 Å². The predicted molar refractivity (Wildman–Crippen MR) is 152 cm³/mol. The van der Waals surface area contributed by atoms with E-state index in [0.717, 1.165) is 43.1 Å². The van der Waals surface area contributed by atoms with Crippen molar-refractivity contribution in [1.29, 1.82) is 0 Å². The predicted octanol–water partition coefficient (Wildman–Crippen LogP) is 5.54. The second-order valence-electron chi connectivity index (χ2n) is 10.8. The Labute approximate surface area is 226 Å². The van der Waals surface area contributed by atoms with Gasteiger partial charge in [0.2, 0.25) is 0 Å². The van der Waals surface area contributed by atoms with E-state index in [-0.39, 0.29) is 17.4 Å². The Morgan fingerprint density at radius 2 is 1.79 bits per heavy atom. The summed E-state index contributed by atoms with van der Waals surface area (Å²) in [6.45, 7) is 3.45. The summed E-state index contributed by atoms with van der Waals surface area (Å²) in [5.41, 5.74) is 2.38. The number of aldehydes is 1. The highest BCUT2D eigenvalue weighted by Gasteiger charge is 2.24. The van der Waals surface area contributed by atoms with Crippen molar-refractivity contribution in [3.05, 3.63) is 81.9 Å². The van der Waals surface area contributed by atoms with Crippen LogP contribution < -0.4 is 15.6 Å². The Balaban J connectivity index is 1.60. The SMILES string of the molecule is Cn1cc(-c2cc(C(C)(C)O)ccc2OC2CCCCC2)c2cc(C(=O)Nc3ccc(C=O)cc3)[nH]c2c1=O. The molecule has 0 atom stereocenters. The van der Waals surface area contributed by atoms with Crippen molar-refractivity contribution in [1.82, 2.24) is 9.55 Å². The molecule has 1 saturated carbocycles. The lowest BCUT2D eigenvalue weighted by molar-refractivity contribution is 0.0784. The minimum absolute atomic E-state index is 0.103. The van der Waals surface area contributed by atoms with Crippen LogP contribution >= 0.6 is 0 Å². The summed E-state index contributed by atoms with van der Waals surface area (Å²) in [4.78, 5) is 40.2. The van der Waals surface area contributed by atoms with Crippen molar-refractivity contribution in [3.63, 3.8) is 0 Å². The standard InChI is InChI=1S/C31H33N3O5/c1-31(2,38)20-11-14-27(39-22-7-5-4-6-8-22)23(15-20)25-17-34(3)30(37)28-24(25)16-26(33-28)29(36)32-21-12-9-19(18-35)10-13-21/h9-18,22,33,38H,4-8H2,1-3H3,(H,32,36). The van der Waals surface area contributed by atoms with Crippen LogP contribution in [-0.2, 0) is 12.6 Å². The molecular formula is C31H33N3O5. The molecule has 0 aliphatic heterocycles. The van der Waals surface area contributed by atoms with Gasteiger partial charge in [-0.15, -0.1) is 0 Å². The molecule has 1 aliphatic rings. The molecule has 1 amide bonds. The van der Waals surface area contributed by atoms with E-state index in [9.17, 15) is 19.5 Å². The van der Waals surface area contributed by atoms with Gasteiger partial charge in [0, 0.05) is 41.0 Å². The summed E-state index contributed by atoms with van der Waals surface area (Å²) < 4.78 is 7.98. The van der Waals surface area contributed by atoms with Gasteiger partial charge >= 0.3 is 0 Å². The average Bonchev–Trinajstić information content (AvgIpc) is 3.38. The summed E-state index contributed by atoms with van der Waals surface area (Å²) in [6.07, 6.45) is 8.01. The monoisotopic (exact) mass is 527 g/mol. The number of fused-ring (bicyclic) bond motifs is 1. The molecule has 2 aromatic carbocycles. The lowest BCUT2D eigenvalue weighted by Gasteiger charge is -2.26. The fourth-order valence-electron chi connectivity index (χ4n) is 5.10. The molecule has 202 valence electrons. The molecule has 39 heavy (non-hydrogen) atoms. The first-order chi connectivity index (χ1) is 18.6. The van der Waals surface area contributed by atoms with Crippen LogP contribution in [0.25, 0.3) is 22.0 Å². The molecule has 0 spiro atoms. The highest BCUT2D eigenvalue weighted by atomic mass is 16.5. The zero-order chi connectivity index (χ0) is 27.7. The lowest BCUT2D eigenvalue weighted by Crippen LogP contribution is -2.21. The van der Waals surface area contributed by atoms with Crippen LogP contribution in [0.15, 0.2) is 59.5 Å². The zero-order valence-electron chi connectivity index (χ0n) is 22.4. The molecule has 3 N–H and O–H groups in total. The molecule has 4 aromatic rings. The number of aromatic nitrogens is 2. The number of anilines is 1. The van der Waals surface area contributed by atoms with E-state index in [1.807, 2.05) is 18.2 Å². The molecule has 0 saturated heterocycles. The number of aliphatic hydroxyl groups is 1.